The number of allylic oxidation sites excluding steroid dienone is 1. The van der Waals surface area contributed by atoms with Gasteiger partial charge in [-0.3, -0.25) is 9.69 Å². The number of hydrogen-bond donors (Lipinski definition) is 2. The van der Waals surface area contributed by atoms with E-state index >= 15 is 0 Å². The van der Waals surface area contributed by atoms with Gasteiger partial charge in [0, 0.05) is 30.7 Å². The SMILES string of the molecule is NCC1=CN(c2ncnc3nc[nH]c23)[C@H]2C[C@@H]1C(C=O)=CO2. The molecule has 2 atom stereocenters. The molecule has 2 aromatic heterocycles. The lowest BCUT2D eigenvalue weighted by Crippen LogP contribution is -2.43. The molecule has 0 unspecified atom stereocenters. The topological polar surface area (TPSA) is 110 Å². The van der Waals surface area contributed by atoms with Crippen LogP contribution in [-0.4, -0.2) is 39.0 Å². The Morgan fingerprint density at radius 1 is 1.45 bits per heavy atom. The van der Waals surface area contributed by atoms with Gasteiger partial charge in [-0.1, -0.05) is 0 Å². The Morgan fingerprint density at radius 3 is 3.18 bits per heavy atom. The van der Waals surface area contributed by atoms with Crippen LogP contribution in [0.25, 0.3) is 11.2 Å². The lowest BCUT2D eigenvalue weighted by molar-refractivity contribution is -0.105. The molecular formula is C14H14N6O2. The van der Waals surface area contributed by atoms with Gasteiger partial charge in [0.05, 0.1) is 12.6 Å². The Labute approximate surface area is 125 Å². The molecule has 3 N–H and O–H groups in total. The first-order chi connectivity index (χ1) is 10.8. The van der Waals surface area contributed by atoms with Crippen molar-refractivity contribution >= 4 is 23.3 Å². The molecule has 0 radical (unpaired) electrons. The maximum Gasteiger partial charge on any atom is 0.182 e. The van der Waals surface area contributed by atoms with Gasteiger partial charge in [-0.25, -0.2) is 15.0 Å². The summed E-state index contributed by atoms with van der Waals surface area (Å²) in [7, 11) is 0. The minimum atomic E-state index is -0.231. The Bertz CT molecular complexity index is 795. The highest BCUT2D eigenvalue weighted by molar-refractivity contribution is 5.84. The maximum atomic E-state index is 11.1. The Kier molecular flexibility index (Phi) is 2.90. The third-order valence-electron chi connectivity index (χ3n) is 4.08. The van der Waals surface area contributed by atoms with Crippen molar-refractivity contribution in [3.05, 3.63) is 36.3 Å². The Balaban J connectivity index is 1.82. The molecule has 2 aliphatic heterocycles. The molecule has 0 aromatic carbocycles. The molecule has 112 valence electrons. The zero-order valence-electron chi connectivity index (χ0n) is 11.6. The van der Waals surface area contributed by atoms with Gasteiger partial charge in [-0.2, -0.15) is 0 Å². The van der Waals surface area contributed by atoms with Crippen molar-refractivity contribution in [3.63, 3.8) is 0 Å². The van der Waals surface area contributed by atoms with E-state index in [9.17, 15) is 4.79 Å². The highest BCUT2D eigenvalue weighted by atomic mass is 16.5. The lowest BCUT2D eigenvalue weighted by Gasteiger charge is -2.40. The number of nitrogens with two attached hydrogens (primary N) is 1. The van der Waals surface area contributed by atoms with E-state index in [2.05, 4.69) is 19.9 Å². The summed E-state index contributed by atoms with van der Waals surface area (Å²) in [5.41, 5.74) is 8.79. The van der Waals surface area contributed by atoms with Crippen LogP contribution in [0.5, 0.6) is 0 Å². The van der Waals surface area contributed by atoms with Gasteiger partial charge in [0.25, 0.3) is 0 Å². The first-order valence-electron chi connectivity index (χ1n) is 6.95. The van der Waals surface area contributed by atoms with Crippen LogP contribution in [0.3, 0.4) is 0 Å². The van der Waals surface area contributed by atoms with Crippen LogP contribution in [0.1, 0.15) is 6.42 Å². The van der Waals surface area contributed by atoms with Crippen LogP contribution in [0.4, 0.5) is 5.82 Å². The second-order valence-electron chi connectivity index (χ2n) is 5.23. The molecule has 0 spiro atoms. The second-order valence-corrected chi connectivity index (χ2v) is 5.23. The Hall–Kier alpha value is -2.74. The van der Waals surface area contributed by atoms with Crippen molar-refractivity contribution in [2.75, 3.05) is 11.4 Å². The van der Waals surface area contributed by atoms with Gasteiger partial charge in [0.15, 0.2) is 17.7 Å². The van der Waals surface area contributed by atoms with Crippen molar-refractivity contribution in [1.29, 1.82) is 0 Å². The fraction of sp³-hybridized carbons (Fsp3) is 0.286. The van der Waals surface area contributed by atoms with E-state index in [0.717, 1.165) is 17.4 Å². The second kappa shape index (κ2) is 4.92. The van der Waals surface area contributed by atoms with Crippen LogP contribution >= 0.6 is 0 Å². The van der Waals surface area contributed by atoms with E-state index in [1.807, 2.05) is 11.1 Å². The van der Waals surface area contributed by atoms with Crippen molar-refractivity contribution in [2.45, 2.75) is 12.6 Å². The standard InChI is InChI=1S/C14H14N6O2/c15-2-8-3-20(11-1-10(8)9(4-21)5-22-11)14-12-13(17-6-16-12)18-7-19-14/h3-7,10-11H,1-2,15H2,(H,16,17,18,19)/t10-,11+/m0/s1. The molecule has 0 amide bonds. The van der Waals surface area contributed by atoms with Crippen LogP contribution in [0.15, 0.2) is 36.3 Å². The molecule has 4 rings (SSSR count). The number of aldehydes is 1. The van der Waals surface area contributed by atoms with E-state index in [1.165, 1.54) is 12.6 Å². The summed E-state index contributed by atoms with van der Waals surface area (Å²) in [5.74, 6) is 0.691. The number of ether oxygens (including phenoxy) is 1. The first-order valence-corrected chi connectivity index (χ1v) is 6.95. The van der Waals surface area contributed by atoms with Crippen molar-refractivity contribution in [2.24, 2.45) is 11.7 Å². The lowest BCUT2D eigenvalue weighted by atomic mass is 9.85. The number of aromatic nitrogens is 4. The van der Waals surface area contributed by atoms with Crippen molar-refractivity contribution in [3.8, 4) is 0 Å². The predicted molar refractivity (Wildman–Crippen MR) is 78.4 cm³/mol. The number of nitrogens with zero attached hydrogens (tertiary/aromatic N) is 4. The average Bonchev–Trinajstić information content (AvgIpc) is 3.04. The van der Waals surface area contributed by atoms with Crippen molar-refractivity contribution in [1.82, 2.24) is 19.9 Å². The number of anilines is 1. The molecule has 0 saturated heterocycles. The largest absolute Gasteiger partial charge is 0.477 e. The molecule has 0 saturated carbocycles. The van der Waals surface area contributed by atoms with Crippen LogP contribution in [0.2, 0.25) is 0 Å². The van der Waals surface area contributed by atoms with E-state index in [1.54, 1.807) is 6.33 Å². The summed E-state index contributed by atoms with van der Waals surface area (Å²) >= 11 is 0. The summed E-state index contributed by atoms with van der Waals surface area (Å²) in [5, 5.41) is 0. The smallest absolute Gasteiger partial charge is 0.182 e. The number of H-pyrrole nitrogens is 1. The number of carbonyl (C=O) groups is 1. The van der Waals surface area contributed by atoms with Gasteiger partial charge in [-0.15, -0.1) is 0 Å². The van der Waals surface area contributed by atoms with Crippen LogP contribution in [-0.2, 0) is 9.53 Å². The maximum absolute atomic E-state index is 11.1. The van der Waals surface area contributed by atoms with Gasteiger partial charge in [-0.05, 0) is 5.57 Å². The van der Waals surface area contributed by atoms with Gasteiger partial charge < -0.3 is 15.5 Å². The molecular weight excluding hydrogens is 284 g/mol. The Morgan fingerprint density at radius 2 is 2.36 bits per heavy atom. The van der Waals surface area contributed by atoms with Crippen molar-refractivity contribution < 1.29 is 9.53 Å². The third-order valence-corrected chi connectivity index (χ3v) is 4.08. The van der Waals surface area contributed by atoms with Gasteiger partial charge in [0.1, 0.15) is 18.1 Å². The van der Waals surface area contributed by atoms with Gasteiger partial charge >= 0.3 is 0 Å². The summed E-state index contributed by atoms with van der Waals surface area (Å²) < 4.78 is 5.69. The highest BCUT2D eigenvalue weighted by Gasteiger charge is 2.36. The van der Waals surface area contributed by atoms with Crippen LogP contribution < -0.4 is 10.6 Å². The van der Waals surface area contributed by atoms with Gasteiger partial charge in [0.2, 0.25) is 0 Å². The summed E-state index contributed by atoms with van der Waals surface area (Å²) in [4.78, 5) is 28.7. The third kappa shape index (κ3) is 1.81. The van der Waals surface area contributed by atoms with E-state index in [-0.39, 0.29) is 12.1 Å². The predicted octanol–water partition coefficient (Wildman–Crippen LogP) is 0.461. The minimum Gasteiger partial charge on any atom is -0.477 e. The zero-order chi connectivity index (χ0) is 15.1. The average molecular weight is 298 g/mol. The minimum absolute atomic E-state index is 0.0107. The van der Waals surface area contributed by atoms with E-state index in [0.29, 0.717) is 30.0 Å². The number of nitrogens with one attached hydrogen (secondary N) is 1. The molecule has 22 heavy (non-hydrogen) atoms. The summed E-state index contributed by atoms with van der Waals surface area (Å²) in [6.07, 6.45) is 7.74. The fourth-order valence-electron chi connectivity index (χ4n) is 2.98. The van der Waals surface area contributed by atoms with Crippen LogP contribution in [0, 0.1) is 5.92 Å². The number of fused-ring (bicyclic) bond motifs is 3. The number of rotatable bonds is 3. The van der Waals surface area contributed by atoms with E-state index in [4.69, 9.17) is 10.5 Å². The molecule has 2 aliphatic rings. The number of carbonyl (C=O) groups excluding carboxylic acids is 1. The molecule has 0 fully saturated rings. The number of imidazole rings is 1. The highest BCUT2D eigenvalue weighted by Crippen LogP contribution is 2.38. The summed E-state index contributed by atoms with van der Waals surface area (Å²) in [6, 6.07) is 0. The number of hydrogen-bond acceptors (Lipinski definition) is 7. The first kappa shape index (κ1) is 13.0. The molecule has 8 nitrogen and oxygen atoms in total. The molecule has 2 bridgehead atoms. The fourth-order valence-corrected chi connectivity index (χ4v) is 2.98. The zero-order valence-corrected chi connectivity index (χ0v) is 11.6. The quantitative estimate of drug-likeness (QED) is 0.792. The van der Waals surface area contributed by atoms with E-state index < -0.39 is 0 Å². The monoisotopic (exact) mass is 298 g/mol. The normalized spacial score (nSPS) is 23.8. The molecule has 0 aliphatic carbocycles. The summed E-state index contributed by atoms with van der Waals surface area (Å²) in [6.45, 7) is 0.371. The molecule has 2 aromatic rings. The molecule has 4 heterocycles. The molecule has 8 heteroatoms. The number of aromatic amines is 1.